The Kier molecular flexibility index (Phi) is 3.36. The van der Waals surface area contributed by atoms with Crippen LogP contribution in [-0.4, -0.2) is 11.5 Å². The lowest BCUT2D eigenvalue weighted by Crippen LogP contribution is -2.24. The molecule has 0 unspecified atom stereocenters. The van der Waals surface area contributed by atoms with E-state index in [0.717, 1.165) is 24.5 Å². The third kappa shape index (κ3) is 2.70. The molecule has 3 nitrogen and oxygen atoms in total. The lowest BCUT2D eigenvalue weighted by Gasteiger charge is -2.24. The Hall–Kier alpha value is -2.03. The first kappa shape index (κ1) is 12.0. The Morgan fingerprint density at radius 3 is 2.95 bits per heavy atom. The molecule has 3 heteroatoms. The predicted octanol–water partition coefficient (Wildman–Crippen LogP) is 3.01. The number of nitrogens with zero attached hydrogens (tertiary/aromatic N) is 2. The minimum Gasteiger partial charge on any atom is -0.399 e. The number of rotatable bonds is 2. The third-order valence-corrected chi connectivity index (χ3v) is 3.65. The summed E-state index contributed by atoms with van der Waals surface area (Å²) in [6.45, 7) is 1.93. The van der Waals surface area contributed by atoms with E-state index in [1.165, 1.54) is 30.5 Å². The molecule has 1 aromatic heterocycles. The summed E-state index contributed by atoms with van der Waals surface area (Å²) in [7, 11) is 0. The van der Waals surface area contributed by atoms with Crippen molar-refractivity contribution in [3.8, 4) is 0 Å². The number of aromatic nitrogens is 1. The summed E-state index contributed by atoms with van der Waals surface area (Å²) in [6, 6.07) is 12.5. The van der Waals surface area contributed by atoms with E-state index < -0.39 is 0 Å². The molecule has 1 aliphatic heterocycles. The number of anilines is 2. The fourth-order valence-corrected chi connectivity index (χ4v) is 2.71. The van der Waals surface area contributed by atoms with Crippen molar-refractivity contribution in [2.75, 3.05) is 17.2 Å². The topological polar surface area (TPSA) is 42.1 Å². The zero-order valence-corrected chi connectivity index (χ0v) is 11.0. The maximum atomic E-state index is 5.83. The highest BCUT2D eigenvalue weighted by Gasteiger charge is 2.15. The van der Waals surface area contributed by atoms with Crippen LogP contribution in [0.1, 0.15) is 24.1 Å². The molecule has 98 valence electrons. The van der Waals surface area contributed by atoms with Crippen molar-refractivity contribution in [1.29, 1.82) is 0 Å². The van der Waals surface area contributed by atoms with Crippen LogP contribution in [0.25, 0.3) is 0 Å². The van der Waals surface area contributed by atoms with Crippen molar-refractivity contribution in [2.24, 2.45) is 0 Å². The lowest BCUT2D eigenvalue weighted by atomic mass is 10.1. The summed E-state index contributed by atoms with van der Waals surface area (Å²) >= 11 is 0. The van der Waals surface area contributed by atoms with Gasteiger partial charge in [0.2, 0.25) is 0 Å². The molecule has 0 atom stereocenters. The van der Waals surface area contributed by atoms with E-state index >= 15 is 0 Å². The number of pyridine rings is 1. The Morgan fingerprint density at radius 1 is 1.16 bits per heavy atom. The van der Waals surface area contributed by atoms with Gasteiger partial charge in [-0.2, -0.15) is 0 Å². The van der Waals surface area contributed by atoms with Gasteiger partial charge in [0.05, 0.1) is 12.2 Å². The molecule has 0 saturated heterocycles. The number of benzene rings is 1. The molecule has 3 rings (SSSR count). The summed E-state index contributed by atoms with van der Waals surface area (Å²) in [5.74, 6) is 0. The average molecular weight is 253 g/mol. The molecular formula is C16H19N3. The third-order valence-electron chi connectivity index (χ3n) is 3.65. The molecule has 0 bridgehead atoms. The molecule has 2 aromatic rings. The molecule has 0 aliphatic carbocycles. The summed E-state index contributed by atoms with van der Waals surface area (Å²) < 4.78 is 0. The van der Waals surface area contributed by atoms with E-state index in [-0.39, 0.29) is 0 Å². The maximum Gasteiger partial charge on any atom is 0.0617 e. The molecule has 1 aliphatic rings. The van der Waals surface area contributed by atoms with Gasteiger partial charge in [-0.3, -0.25) is 4.98 Å². The van der Waals surface area contributed by atoms with Crippen molar-refractivity contribution in [2.45, 2.75) is 25.8 Å². The van der Waals surface area contributed by atoms with Gasteiger partial charge in [0.25, 0.3) is 0 Å². The molecule has 0 saturated carbocycles. The highest BCUT2D eigenvalue weighted by atomic mass is 15.1. The molecule has 2 N–H and O–H groups in total. The van der Waals surface area contributed by atoms with E-state index in [4.69, 9.17) is 5.73 Å². The fourth-order valence-electron chi connectivity index (χ4n) is 2.71. The van der Waals surface area contributed by atoms with Crippen molar-refractivity contribution >= 4 is 11.4 Å². The summed E-state index contributed by atoms with van der Waals surface area (Å²) in [5.41, 5.74) is 10.5. The minimum atomic E-state index is 0.785. The second kappa shape index (κ2) is 5.31. The molecule has 0 radical (unpaired) electrons. The molecule has 1 aromatic carbocycles. The van der Waals surface area contributed by atoms with Gasteiger partial charge in [-0.1, -0.05) is 18.2 Å². The standard InChI is InChI=1S/C16H19N3/c17-14-8-9-18-15(11-14)12-19-10-4-3-6-13-5-1-2-7-16(13)19/h1-2,5,7-9,11H,3-4,6,10,12H2,(H2,17,18). The predicted molar refractivity (Wildman–Crippen MR) is 79.1 cm³/mol. The van der Waals surface area contributed by atoms with Crippen molar-refractivity contribution in [3.63, 3.8) is 0 Å². The number of fused-ring (bicyclic) bond motifs is 1. The van der Waals surface area contributed by atoms with Gasteiger partial charge in [0.15, 0.2) is 0 Å². The molecule has 0 spiro atoms. The van der Waals surface area contributed by atoms with Crippen LogP contribution in [0.5, 0.6) is 0 Å². The number of nitrogen functional groups attached to an aromatic ring is 1. The number of hydrogen-bond donors (Lipinski definition) is 1. The molecule has 0 fully saturated rings. The molecule has 0 amide bonds. The SMILES string of the molecule is Nc1ccnc(CN2CCCCc3ccccc32)c1. The van der Waals surface area contributed by atoms with E-state index in [2.05, 4.69) is 34.1 Å². The lowest BCUT2D eigenvalue weighted by molar-refractivity contribution is 0.708. The Bertz CT molecular complexity index is 565. The Labute approximate surface area is 114 Å². The van der Waals surface area contributed by atoms with Crippen molar-refractivity contribution in [1.82, 2.24) is 4.98 Å². The summed E-state index contributed by atoms with van der Waals surface area (Å²) in [6.07, 6.45) is 5.46. The quantitative estimate of drug-likeness (QED) is 0.894. The fraction of sp³-hybridized carbons (Fsp3) is 0.312. The van der Waals surface area contributed by atoms with E-state index in [9.17, 15) is 0 Å². The van der Waals surface area contributed by atoms with Crippen molar-refractivity contribution in [3.05, 3.63) is 53.9 Å². The first-order chi connectivity index (χ1) is 9.33. The zero-order chi connectivity index (χ0) is 13.1. The first-order valence-electron chi connectivity index (χ1n) is 6.86. The smallest absolute Gasteiger partial charge is 0.0617 e. The van der Waals surface area contributed by atoms with Crippen LogP contribution >= 0.6 is 0 Å². The van der Waals surface area contributed by atoms with Gasteiger partial charge in [0, 0.05) is 24.1 Å². The zero-order valence-electron chi connectivity index (χ0n) is 11.0. The normalized spacial score (nSPS) is 14.8. The van der Waals surface area contributed by atoms with E-state index in [0.29, 0.717) is 0 Å². The van der Waals surface area contributed by atoms with Crippen LogP contribution in [0.15, 0.2) is 42.6 Å². The van der Waals surface area contributed by atoms with Crippen molar-refractivity contribution < 1.29 is 0 Å². The molecular weight excluding hydrogens is 234 g/mol. The van der Waals surface area contributed by atoms with Crippen LogP contribution in [0, 0.1) is 0 Å². The van der Waals surface area contributed by atoms with Crippen LogP contribution in [0.2, 0.25) is 0 Å². The minimum absolute atomic E-state index is 0.785. The number of nitrogens with two attached hydrogens (primary N) is 1. The second-order valence-electron chi connectivity index (χ2n) is 5.09. The largest absolute Gasteiger partial charge is 0.399 e. The van der Waals surface area contributed by atoms with Crippen LogP contribution in [0.3, 0.4) is 0 Å². The van der Waals surface area contributed by atoms with E-state index in [1.54, 1.807) is 6.20 Å². The average Bonchev–Trinajstić information content (AvgIpc) is 2.62. The highest BCUT2D eigenvalue weighted by molar-refractivity contribution is 5.54. The Morgan fingerprint density at radius 2 is 2.05 bits per heavy atom. The van der Waals surface area contributed by atoms with Crippen LogP contribution in [-0.2, 0) is 13.0 Å². The van der Waals surface area contributed by atoms with Gasteiger partial charge < -0.3 is 10.6 Å². The van der Waals surface area contributed by atoms with Crippen LogP contribution < -0.4 is 10.6 Å². The van der Waals surface area contributed by atoms with Gasteiger partial charge in [-0.15, -0.1) is 0 Å². The molecule has 2 heterocycles. The van der Waals surface area contributed by atoms with Gasteiger partial charge >= 0.3 is 0 Å². The van der Waals surface area contributed by atoms with Gasteiger partial charge in [-0.25, -0.2) is 0 Å². The first-order valence-corrected chi connectivity index (χ1v) is 6.86. The van der Waals surface area contributed by atoms with Crippen LogP contribution in [0.4, 0.5) is 11.4 Å². The van der Waals surface area contributed by atoms with E-state index in [1.807, 2.05) is 12.1 Å². The van der Waals surface area contributed by atoms with Gasteiger partial charge in [0.1, 0.15) is 0 Å². The summed E-state index contributed by atoms with van der Waals surface area (Å²) in [5, 5.41) is 0. The Balaban J connectivity index is 1.88. The number of aryl methyl sites for hydroxylation is 1. The molecule has 19 heavy (non-hydrogen) atoms. The van der Waals surface area contributed by atoms with Gasteiger partial charge in [-0.05, 0) is 43.0 Å². The maximum absolute atomic E-state index is 5.83. The number of para-hydroxylation sites is 1. The second-order valence-corrected chi connectivity index (χ2v) is 5.09. The highest BCUT2D eigenvalue weighted by Crippen LogP contribution is 2.27. The number of hydrogen-bond acceptors (Lipinski definition) is 3. The monoisotopic (exact) mass is 253 g/mol. The summed E-state index contributed by atoms with van der Waals surface area (Å²) in [4.78, 5) is 6.84.